The average Bonchev–Trinajstić information content (AvgIpc) is 3.08. The lowest BCUT2D eigenvalue weighted by molar-refractivity contribution is -0.385. The minimum Gasteiger partial charge on any atom is -0.454 e. The van der Waals surface area contributed by atoms with Crippen molar-refractivity contribution in [3.8, 4) is 11.5 Å². The van der Waals surface area contributed by atoms with E-state index in [-0.39, 0.29) is 35.0 Å². The van der Waals surface area contributed by atoms with E-state index in [1.807, 2.05) is 0 Å². The second kappa shape index (κ2) is 6.84. The number of nitro groups is 2. The number of non-ortho nitro benzene ring substituents is 1. The van der Waals surface area contributed by atoms with Crippen molar-refractivity contribution in [2.45, 2.75) is 0 Å². The van der Waals surface area contributed by atoms with Crippen molar-refractivity contribution in [1.82, 2.24) is 5.43 Å². The molecule has 11 heteroatoms. The number of ether oxygens (including phenoxy) is 2. The highest BCUT2D eigenvalue weighted by Crippen LogP contribution is 2.37. The monoisotopic (exact) mass is 358 g/mol. The van der Waals surface area contributed by atoms with Gasteiger partial charge in [0.1, 0.15) is 0 Å². The number of carbonyl (C=O) groups excluding carboxylic acids is 1. The summed E-state index contributed by atoms with van der Waals surface area (Å²) in [5.41, 5.74) is 2.04. The van der Waals surface area contributed by atoms with Crippen molar-refractivity contribution < 1.29 is 24.1 Å². The summed E-state index contributed by atoms with van der Waals surface area (Å²) in [7, 11) is 0. The number of nitrogens with zero attached hydrogens (tertiary/aromatic N) is 3. The van der Waals surface area contributed by atoms with Crippen molar-refractivity contribution in [1.29, 1.82) is 0 Å². The van der Waals surface area contributed by atoms with Gasteiger partial charge in [0.25, 0.3) is 17.3 Å². The van der Waals surface area contributed by atoms with E-state index in [9.17, 15) is 25.0 Å². The zero-order chi connectivity index (χ0) is 18.7. The molecule has 1 N–H and O–H groups in total. The maximum absolute atomic E-state index is 11.9. The molecule has 26 heavy (non-hydrogen) atoms. The Morgan fingerprint density at radius 1 is 1.08 bits per heavy atom. The van der Waals surface area contributed by atoms with Gasteiger partial charge in [-0.1, -0.05) is 0 Å². The minimum atomic E-state index is -0.625. The Hall–Kier alpha value is -4.02. The molecule has 0 saturated carbocycles. The van der Waals surface area contributed by atoms with E-state index in [1.165, 1.54) is 36.4 Å². The molecular formula is C15H10N4O7. The maximum Gasteiger partial charge on any atom is 0.282 e. The lowest BCUT2D eigenvalue weighted by atomic mass is 10.1. The van der Waals surface area contributed by atoms with Gasteiger partial charge in [-0.2, -0.15) is 5.10 Å². The molecule has 0 saturated heterocycles. The topological polar surface area (TPSA) is 146 Å². The van der Waals surface area contributed by atoms with Gasteiger partial charge in [-0.05, 0) is 18.2 Å². The van der Waals surface area contributed by atoms with E-state index in [4.69, 9.17) is 9.47 Å². The van der Waals surface area contributed by atoms with Gasteiger partial charge in [0.2, 0.25) is 6.79 Å². The summed E-state index contributed by atoms with van der Waals surface area (Å²) in [6.07, 6.45) is 1.10. The first kappa shape index (κ1) is 16.8. The summed E-state index contributed by atoms with van der Waals surface area (Å²) in [4.78, 5) is 32.5. The van der Waals surface area contributed by atoms with Gasteiger partial charge in [-0.25, -0.2) is 5.43 Å². The van der Waals surface area contributed by atoms with E-state index < -0.39 is 15.8 Å². The van der Waals surface area contributed by atoms with Gasteiger partial charge in [0, 0.05) is 17.7 Å². The van der Waals surface area contributed by atoms with Crippen LogP contribution in [0.3, 0.4) is 0 Å². The van der Waals surface area contributed by atoms with E-state index in [1.54, 1.807) is 0 Å². The molecule has 132 valence electrons. The molecule has 3 rings (SSSR count). The molecule has 0 atom stereocenters. The van der Waals surface area contributed by atoms with Gasteiger partial charge in [0.15, 0.2) is 11.5 Å². The lowest BCUT2D eigenvalue weighted by Crippen LogP contribution is -2.17. The fraction of sp³-hybridized carbons (Fsp3) is 0.0667. The van der Waals surface area contributed by atoms with E-state index in [0.717, 1.165) is 6.21 Å². The number of hydrogen-bond acceptors (Lipinski definition) is 8. The number of fused-ring (bicyclic) bond motifs is 1. The first-order valence-corrected chi connectivity index (χ1v) is 7.11. The highest BCUT2D eigenvalue weighted by Gasteiger charge is 2.22. The first-order valence-electron chi connectivity index (χ1n) is 7.11. The number of benzene rings is 2. The SMILES string of the molecule is O=C(N/N=C/c1cc2c(cc1[N+](=O)[O-])OCO2)c1ccc([N+](=O)[O-])cc1. The second-order valence-electron chi connectivity index (χ2n) is 5.02. The molecule has 0 unspecified atom stereocenters. The molecule has 11 nitrogen and oxygen atoms in total. The molecule has 1 aliphatic rings. The third kappa shape index (κ3) is 3.40. The van der Waals surface area contributed by atoms with Crippen LogP contribution in [0.5, 0.6) is 11.5 Å². The van der Waals surface area contributed by atoms with Crippen LogP contribution in [0.4, 0.5) is 11.4 Å². The second-order valence-corrected chi connectivity index (χ2v) is 5.02. The predicted octanol–water partition coefficient (Wildman–Crippen LogP) is 2.00. The maximum atomic E-state index is 11.9. The Bertz CT molecular complexity index is 924. The molecule has 0 aromatic heterocycles. The Kier molecular flexibility index (Phi) is 4.43. The van der Waals surface area contributed by atoms with Gasteiger partial charge in [0.05, 0.1) is 27.7 Å². The van der Waals surface area contributed by atoms with Crippen molar-refractivity contribution in [3.05, 3.63) is 67.8 Å². The third-order valence-electron chi connectivity index (χ3n) is 3.43. The molecule has 0 radical (unpaired) electrons. The average molecular weight is 358 g/mol. The minimum absolute atomic E-state index is 0.0377. The summed E-state index contributed by atoms with van der Waals surface area (Å²) in [6, 6.07) is 7.49. The zero-order valence-electron chi connectivity index (χ0n) is 12.9. The van der Waals surface area contributed by atoms with E-state index >= 15 is 0 Å². The normalized spacial score (nSPS) is 12.2. The number of nitrogens with one attached hydrogen (secondary N) is 1. The summed E-state index contributed by atoms with van der Waals surface area (Å²) >= 11 is 0. The zero-order valence-corrected chi connectivity index (χ0v) is 12.9. The number of hydrazone groups is 1. The summed E-state index contributed by atoms with van der Waals surface area (Å²) < 4.78 is 10.2. The Morgan fingerprint density at radius 3 is 2.35 bits per heavy atom. The smallest absolute Gasteiger partial charge is 0.282 e. The van der Waals surface area contributed by atoms with Crippen LogP contribution >= 0.6 is 0 Å². The Balaban J connectivity index is 1.75. The highest BCUT2D eigenvalue weighted by molar-refractivity contribution is 5.95. The standard InChI is InChI=1S/C15H10N4O7/c20-15(9-1-3-11(4-2-9)18(21)22)17-16-7-10-5-13-14(26-8-25-13)6-12(10)19(23)24/h1-7H,8H2,(H,17,20)/b16-7+. The fourth-order valence-electron chi connectivity index (χ4n) is 2.17. The number of amides is 1. The van der Waals surface area contributed by atoms with Crippen LogP contribution in [0.2, 0.25) is 0 Å². The van der Waals surface area contributed by atoms with E-state index in [0.29, 0.717) is 5.75 Å². The van der Waals surface area contributed by atoms with E-state index in [2.05, 4.69) is 10.5 Å². The molecule has 2 aromatic carbocycles. The van der Waals surface area contributed by atoms with Crippen LogP contribution in [-0.4, -0.2) is 28.8 Å². The van der Waals surface area contributed by atoms with Crippen LogP contribution in [0, 0.1) is 20.2 Å². The quantitative estimate of drug-likeness (QED) is 0.488. The predicted molar refractivity (Wildman–Crippen MR) is 87.4 cm³/mol. The lowest BCUT2D eigenvalue weighted by Gasteiger charge is -2.01. The molecule has 2 aromatic rings. The number of carbonyl (C=O) groups is 1. The molecule has 0 aliphatic carbocycles. The fourth-order valence-corrected chi connectivity index (χ4v) is 2.17. The molecule has 1 aliphatic heterocycles. The van der Waals surface area contributed by atoms with Crippen molar-refractivity contribution in [3.63, 3.8) is 0 Å². The van der Waals surface area contributed by atoms with Crippen molar-refractivity contribution >= 4 is 23.5 Å². The summed E-state index contributed by atoms with van der Waals surface area (Å²) in [5, 5.41) is 25.4. The van der Waals surface area contributed by atoms with Crippen LogP contribution in [0.1, 0.15) is 15.9 Å². The van der Waals surface area contributed by atoms with Gasteiger partial charge in [-0.15, -0.1) is 0 Å². The summed E-state index contributed by atoms with van der Waals surface area (Å²) in [6.45, 7) is -0.0377. The van der Waals surface area contributed by atoms with Gasteiger partial charge >= 0.3 is 0 Å². The van der Waals surface area contributed by atoms with Gasteiger partial charge < -0.3 is 9.47 Å². The molecule has 1 heterocycles. The van der Waals surface area contributed by atoms with Crippen LogP contribution in [-0.2, 0) is 0 Å². The van der Waals surface area contributed by atoms with Crippen LogP contribution in [0.15, 0.2) is 41.5 Å². The number of hydrogen-bond donors (Lipinski definition) is 1. The largest absolute Gasteiger partial charge is 0.454 e. The third-order valence-corrected chi connectivity index (χ3v) is 3.43. The Labute approximate surface area is 145 Å². The van der Waals surface area contributed by atoms with Crippen LogP contribution < -0.4 is 14.9 Å². The van der Waals surface area contributed by atoms with Gasteiger partial charge in [-0.3, -0.25) is 25.0 Å². The molecular weight excluding hydrogens is 348 g/mol. The molecule has 0 bridgehead atoms. The van der Waals surface area contributed by atoms with Crippen molar-refractivity contribution in [2.24, 2.45) is 5.10 Å². The molecule has 0 fully saturated rings. The Morgan fingerprint density at radius 2 is 1.73 bits per heavy atom. The van der Waals surface area contributed by atoms with Crippen molar-refractivity contribution in [2.75, 3.05) is 6.79 Å². The number of nitro benzene ring substituents is 2. The van der Waals surface area contributed by atoms with Crippen LogP contribution in [0.25, 0.3) is 0 Å². The molecule has 0 spiro atoms. The summed E-state index contributed by atoms with van der Waals surface area (Å²) in [5.74, 6) is -0.0398. The molecule has 1 amide bonds. The highest BCUT2D eigenvalue weighted by atomic mass is 16.7. The number of rotatable bonds is 5. The first-order chi connectivity index (χ1) is 12.5.